The van der Waals surface area contributed by atoms with Crippen LogP contribution in [0.5, 0.6) is 0 Å². The normalized spacial score (nSPS) is 21.3. The van der Waals surface area contributed by atoms with Gasteiger partial charge in [0.1, 0.15) is 5.60 Å². The molecule has 1 amide bonds. The SMILES string of the molecule is C=Cc1cnc(N[C@H]2CC[C@H](NC(=O)OC(C)(C)C)CC2)nc1. The minimum absolute atomic E-state index is 0.173. The highest BCUT2D eigenvalue weighted by Gasteiger charge is 2.25. The van der Waals surface area contributed by atoms with E-state index in [1.165, 1.54) is 0 Å². The highest BCUT2D eigenvalue weighted by molar-refractivity contribution is 5.68. The van der Waals surface area contributed by atoms with Crippen molar-refractivity contribution in [1.82, 2.24) is 15.3 Å². The molecule has 2 rings (SSSR count). The van der Waals surface area contributed by atoms with E-state index in [0.717, 1.165) is 31.2 Å². The topological polar surface area (TPSA) is 76.1 Å². The van der Waals surface area contributed by atoms with E-state index in [-0.39, 0.29) is 12.1 Å². The number of aromatic nitrogens is 2. The molecule has 0 unspecified atom stereocenters. The van der Waals surface area contributed by atoms with E-state index >= 15 is 0 Å². The quantitative estimate of drug-likeness (QED) is 0.890. The second-order valence-corrected chi connectivity index (χ2v) is 6.88. The third-order valence-electron chi connectivity index (χ3n) is 3.69. The zero-order valence-corrected chi connectivity index (χ0v) is 14.1. The van der Waals surface area contributed by atoms with Crippen LogP contribution in [0.1, 0.15) is 52.0 Å². The summed E-state index contributed by atoms with van der Waals surface area (Å²) < 4.78 is 5.29. The molecule has 0 atom stereocenters. The molecule has 0 bridgehead atoms. The molecule has 6 nitrogen and oxygen atoms in total. The predicted octanol–water partition coefficient (Wildman–Crippen LogP) is 3.37. The Hall–Kier alpha value is -2.11. The van der Waals surface area contributed by atoms with Crippen molar-refractivity contribution >= 4 is 18.1 Å². The molecule has 1 heterocycles. The number of carbonyl (C=O) groups is 1. The molecule has 6 heteroatoms. The number of amides is 1. The van der Waals surface area contributed by atoms with Gasteiger partial charge >= 0.3 is 6.09 Å². The molecule has 0 aromatic carbocycles. The number of carbonyl (C=O) groups excluding carboxylic acids is 1. The van der Waals surface area contributed by atoms with Crippen molar-refractivity contribution in [2.75, 3.05) is 5.32 Å². The summed E-state index contributed by atoms with van der Waals surface area (Å²) in [5.41, 5.74) is 0.443. The average Bonchev–Trinajstić information content (AvgIpc) is 2.48. The highest BCUT2D eigenvalue weighted by atomic mass is 16.6. The monoisotopic (exact) mass is 318 g/mol. The van der Waals surface area contributed by atoms with E-state index in [0.29, 0.717) is 12.0 Å². The van der Waals surface area contributed by atoms with E-state index < -0.39 is 5.60 Å². The van der Waals surface area contributed by atoms with Crippen LogP contribution >= 0.6 is 0 Å². The lowest BCUT2D eigenvalue weighted by atomic mass is 9.91. The Bertz CT molecular complexity index is 529. The molecule has 1 aliphatic carbocycles. The fourth-order valence-electron chi connectivity index (χ4n) is 2.56. The summed E-state index contributed by atoms with van der Waals surface area (Å²) >= 11 is 0. The molecule has 2 N–H and O–H groups in total. The standard InChI is InChI=1S/C17H26N4O2/c1-5-12-10-18-15(19-11-12)20-13-6-8-14(9-7-13)21-16(22)23-17(2,3)4/h5,10-11,13-14H,1,6-9H2,2-4H3,(H,21,22)(H,18,19,20)/t13-,14-. The third-order valence-corrected chi connectivity index (χ3v) is 3.69. The van der Waals surface area contributed by atoms with Crippen LogP contribution in [0.2, 0.25) is 0 Å². The average molecular weight is 318 g/mol. The molecule has 0 spiro atoms. The van der Waals surface area contributed by atoms with Crippen LogP contribution < -0.4 is 10.6 Å². The number of rotatable bonds is 4. The van der Waals surface area contributed by atoms with Gasteiger partial charge in [0.2, 0.25) is 5.95 Å². The first-order valence-electron chi connectivity index (χ1n) is 8.06. The van der Waals surface area contributed by atoms with Gasteiger partial charge in [-0.2, -0.15) is 0 Å². The summed E-state index contributed by atoms with van der Waals surface area (Å²) in [6.45, 7) is 9.28. The Morgan fingerprint density at radius 3 is 2.30 bits per heavy atom. The van der Waals surface area contributed by atoms with Crippen LogP contribution in [0.3, 0.4) is 0 Å². The van der Waals surface area contributed by atoms with E-state index in [1.807, 2.05) is 20.8 Å². The fraction of sp³-hybridized carbons (Fsp3) is 0.588. The maximum absolute atomic E-state index is 11.8. The van der Waals surface area contributed by atoms with Crippen LogP contribution in [0.4, 0.5) is 10.7 Å². The predicted molar refractivity (Wildman–Crippen MR) is 91.2 cm³/mol. The van der Waals surface area contributed by atoms with Gasteiger partial charge in [-0.3, -0.25) is 0 Å². The molecule has 0 aliphatic heterocycles. The largest absolute Gasteiger partial charge is 0.444 e. The number of alkyl carbamates (subject to hydrolysis) is 1. The summed E-state index contributed by atoms with van der Waals surface area (Å²) in [6, 6.07) is 0.508. The maximum Gasteiger partial charge on any atom is 0.407 e. The van der Waals surface area contributed by atoms with Crippen LogP contribution in [-0.2, 0) is 4.74 Å². The third kappa shape index (κ3) is 5.88. The van der Waals surface area contributed by atoms with Gasteiger partial charge in [0.25, 0.3) is 0 Å². The van der Waals surface area contributed by atoms with Crippen molar-refractivity contribution in [1.29, 1.82) is 0 Å². The van der Waals surface area contributed by atoms with Gasteiger partial charge in [-0.05, 0) is 46.5 Å². The lowest BCUT2D eigenvalue weighted by Gasteiger charge is -2.30. The lowest BCUT2D eigenvalue weighted by molar-refractivity contribution is 0.0492. The van der Waals surface area contributed by atoms with E-state index in [4.69, 9.17) is 4.74 Å². The Kier molecular flexibility index (Phi) is 5.58. The van der Waals surface area contributed by atoms with Gasteiger partial charge in [0.15, 0.2) is 0 Å². The number of hydrogen-bond donors (Lipinski definition) is 2. The minimum Gasteiger partial charge on any atom is -0.444 e. The summed E-state index contributed by atoms with van der Waals surface area (Å²) in [6.07, 6.45) is 8.65. The van der Waals surface area contributed by atoms with Crippen molar-refractivity contribution in [3.8, 4) is 0 Å². The molecule has 1 fully saturated rings. The van der Waals surface area contributed by atoms with Gasteiger partial charge in [-0.1, -0.05) is 12.7 Å². The zero-order chi connectivity index (χ0) is 16.9. The number of anilines is 1. The first-order chi connectivity index (χ1) is 10.9. The Morgan fingerprint density at radius 2 is 1.78 bits per heavy atom. The molecule has 0 radical (unpaired) electrons. The molecule has 1 saturated carbocycles. The van der Waals surface area contributed by atoms with E-state index in [1.54, 1.807) is 18.5 Å². The van der Waals surface area contributed by atoms with Crippen LogP contribution in [0.25, 0.3) is 6.08 Å². The number of nitrogens with zero attached hydrogens (tertiary/aromatic N) is 2. The number of hydrogen-bond acceptors (Lipinski definition) is 5. The van der Waals surface area contributed by atoms with Crippen molar-refractivity contribution in [2.24, 2.45) is 0 Å². The lowest BCUT2D eigenvalue weighted by Crippen LogP contribution is -2.42. The first kappa shape index (κ1) is 17.2. The molecule has 1 aliphatic rings. The second kappa shape index (κ2) is 7.44. The molecule has 126 valence electrons. The van der Waals surface area contributed by atoms with Gasteiger partial charge < -0.3 is 15.4 Å². The van der Waals surface area contributed by atoms with Crippen LogP contribution in [0.15, 0.2) is 19.0 Å². The van der Waals surface area contributed by atoms with Crippen LogP contribution in [0, 0.1) is 0 Å². The zero-order valence-electron chi connectivity index (χ0n) is 14.1. The van der Waals surface area contributed by atoms with E-state index in [9.17, 15) is 4.79 Å². The van der Waals surface area contributed by atoms with Crippen molar-refractivity contribution in [3.63, 3.8) is 0 Å². The first-order valence-corrected chi connectivity index (χ1v) is 8.06. The fourth-order valence-corrected chi connectivity index (χ4v) is 2.56. The molecule has 1 aromatic rings. The highest BCUT2D eigenvalue weighted by Crippen LogP contribution is 2.21. The van der Waals surface area contributed by atoms with E-state index in [2.05, 4.69) is 27.2 Å². The minimum atomic E-state index is -0.461. The van der Waals surface area contributed by atoms with Gasteiger partial charge in [0, 0.05) is 30.0 Å². The van der Waals surface area contributed by atoms with Crippen molar-refractivity contribution in [3.05, 3.63) is 24.5 Å². The molecule has 1 aromatic heterocycles. The Labute approximate surface area is 137 Å². The Morgan fingerprint density at radius 1 is 1.22 bits per heavy atom. The second-order valence-electron chi connectivity index (χ2n) is 6.88. The number of nitrogens with one attached hydrogen (secondary N) is 2. The van der Waals surface area contributed by atoms with Gasteiger partial charge in [0.05, 0.1) is 0 Å². The smallest absolute Gasteiger partial charge is 0.407 e. The van der Waals surface area contributed by atoms with Gasteiger partial charge in [-0.25, -0.2) is 14.8 Å². The van der Waals surface area contributed by atoms with Crippen molar-refractivity contribution < 1.29 is 9.53 Å². The maximum atomic E-state index is 11.8. The number of ether oxygens (including phenoxy) is 1. The summed E-state index contributed by atoms with van der Waals surface area (Å²) in [4.78, 5) is 20.3. The summed E-state index contributed by atoms with van der Waals surface area (Å²) in [5, 5.41) is 6.29. The van der Waals surface area contributed by atoms with Gasteiger partial charge in [-0.15, -0.1) is 0 Å². The molecule has 23 heavy (non-hydrogen) atoms. The molecular formula is C17H26N4O2. The summed E-state index contributed by atoms with van der Waals surface area (Å²) in [7, 11) is 0. The van der Waals surface area contributed by atoms with Crippen LogP contribution in [-0.4, -0.2) is 33.7 Å². The van der Waals surface area contributed by atoms with Crippen molar-refractivity contribution in [2.45, 2.75) is 64.1 Å². The molecule has 0 saturated heterocycles. The molecular weight excluding hydrogens is 292 g/mol. The summed E-state index contributed by atoms with van der Waals surface area (Å²) in [5.74, 6) is 0.638. The Balaban J connectivity index is 1.75.